The van der Waals surface area contributed by atoms with Crippen molar-refractivity contribution in [3.05, 3.63) is 12.8 Å². The van der Waals surface area contributed by atoms with Crippen LogP contribution in [0.15, 0.2) is 12.8 Å². The lowest BCUT2D eigenvalue weighted by molar-refractivity contribution is -0.146. The number of carboxylic acids is 1. The van der Waals surface area contributed by atoms with E-state index >= 15 is 0 Å². The number of unbranched alkanes of at least 4 members (excludes halogenated alkanes) is 1. The number of hydrogen-bond donors (Lipinski definition) is 1. The molecule has 0 fully saturated rings. The van der Waals surface area contributed by atoms with Crippen LogP contribution in [0.3, 0.4) is 0 Å². The molecule has 0 aromatic carbocycles. The molecule has 0 aliphatic heterocycles. The van der Waals surface area contributed by atoms with Gasteiger partial charge in [0.15, 0.2) is 0 Å². The highest BCUT2D eigenvalue weighted by molar-refractivity contribution is 5.69. The third-order valence-corrected chi connectivity index (χ3v) is 4.95. The summed E-state index contributed by atoms with van der Waals surface area (Å²) in [6, 6.07) is 0. The van der Waals surface area contributed by atoms with Gasteiger partial charge in [0.05, 0.1) is 125 Å². The highest BCUT2D eigenvalue weighted by atomic mass is 16.6. The molecule has 0 rings (SSSR count). The lowest BCUT2D eigenvalue weighted by Gasteiger charge is -2.09. The smallest absolute Gasteiger partial charge is 0.305 e. The molecule has 0 radical (unpaired) electrons. The van der Waals surface area contributed by atoms with E-state index in [0.717, 1.165) is 0 Å². The van der Waals surface area contributed by atoms with Crippen molar-refractivity contribution in [2.45, 2.75) is 25.7 Å². The van der Waals surface area contributed by atoms with E-state index in [4.69, 9.17) is 57.2 Å². The summed E-state index contributed by atoms with van der Waals surface area (Å²) in [7, 11) is 0. The van der Waals surface area contributed by atoms with Crippen LogP contribution >= 0.6 is 0 Å². The number of esters is 1. The molecule has 14 heteroatoms. The number of carbonyl (C=O) groups is 2. The molecule has 0 bridgehead atoms. The minimum Gasteiger partial charge on any atom is -0.499 e. The van der Waals surface area contributed by atoms with Gasteiger partial charge in [-0.2, -0.15) is 0 Å². The topological polar surface area (TPSA) is 156 Å². The van der Waals surface area contributed by atoms with E-state index in [0.29, 0.717) is 132 Å². The molecule has 0 saturated heterocycles. The predicted molar refractivity (Wildman–Crippen MR) is 151 cm³/mol. The van der Waals surface area contributed by atoms with E-state index in [2.05, 4.69) is 6.58 Å². The Kier molecular flexibility index (Phi) is 33.7. The lowest BCUT2D eigenvalue weighted by atomic mass is 10.2. The van der Waals surface area contributed by atoms with E-state index in [1.54, 1.807) is 0 Å². The SMILES string of the molecule is C=COCCOCCOCCOCCOCCOCCOCCOCCOCCOCCOC(=O)CCCCC(=O)O. The first-order valence-corrected chi connectivity index (χ1v) is 14.5. The molecule has 248 valence electrons. The quantitative estimate of drug-likeness (QED) is 0.0617. The van der Waals surface area contributed by atoms with Crippen LogP contribution in [0.1, 0.15) is 25.7 Å². The van der Waals surface area contributed by atoms with Crippen molar-refractivity contribution in [2.24, 2.45) is 0 Å². The summed E-state index contributed by atoms with van der Waals surface area (Å²) in [5, 5.41) is 8.53. The Morgan fingerprint density at radius 3 is 1.05 bits per heavy atom. The zero-order valence-electron chi connectivity index (χ0n) is 25.0. The van der Waals surface area contributed by atoms with Crippen LogP contribution in [0, 0.1) is 0 Å². The Morgan fingerprint density at radius 1 is 0.452 bits per heavy atom. The summed E-state index contributed by atoms with van der Waals surface area (Å²) in [5.74, 6) is -1.21. The second-order valence-electron chi connectivity index (χ2n) is 8.37. The number of rotatable bonds is 36. The van der Waals surface area contributed by atoms with Crippen molar-refractivity contribution in [1.82, 2.24) is 0 Å². The van der Waals surface area contributed by atoms with Gasteiger partial charge in [0.2, 0.25) is 0 Å². The minimum atomic E-state index is -0.863. The summed E-state index contributed by atoms with van der Waals surface area (Å²) < 4.78 is 58.5. The number of carbonyl (C=O) groups excluding carboxylic acids is 1. The Hall–Kier alpha value is -1.88. The first-order valence-electron chi connectivity index (χ1n) is 14.5. The van der Waals surface area contributed by atoms with Crippen molar-refractivity contribution in [3.63, 3.8) is 0 Å². The van der Waals surface area contributed by atoms with Crippen LogP contribution in [0.4, 0.5) is 0 Å². The maximum absolute atomic E-state index is 11.5. The lowest BCUT2D eigenvalue weighted by Crippen LogP contribution is -2.15. The molecule has 42 heavy (non-hydrogen) atoms. The molecular weight excluding hydrogens is 560 g/mol. The molecule has 0 amide bonds. The van der Waals surface area contributed by atoms with Crippen LogP contribution < -0.4 is 0 Å². The van der Waals surface area contributed by atoms with E-state index in [-0.39, 0.29) is 32.0 Å². The summed E-state index contributed by atoms with van der Waals surface area (Å²) >= 11 is 0. The van der Waals surface area contributed by atoms with Crippen molar-refractivity contribution in [1.29, 1.82) is 0 Å². The summed E-state index contributed by atoms with van der Waals surface area (Å²) in [6.07, 6.45) is 2.63. The van der Waals surface area contributed by atoms with Gasteiger partial charge in [-0.25, -0.2) is 0 Å². The predicted octanol–water partition coefficient (Wildman–Crippen LogP) is 1.48. The van der Waals surface area contributed by atoms with Crippen molar-refractivity contribution < 1.29 is 66.8 Å². The number of hydrogen-bond acceptors (Lipinski definition) is 13. The highest BCUT2D eigenvalue weighted by Gasteiger charge is 2.04. The second-order valence-corrected chi connectivity index (χ2v) is 8.37. The van der Waals surface area contributed by atoms with Gasteiger partial charge in [-0.15, -0.1) is 0 Å². The zero-order valence-corrected chi connectivity index (χ0v) is 25.0. The van der Waals surface area contributed by atoms with Crippen LogP contribution in [-0.2, 0) is 61.7 Å². The maximum Gasteiger partial charge on any atom is 0.305 e. The normalized spacial score (nSPS) is 11.0. The van der Waals surface area contributed by atoms with Gasteiger partial charge >= 0.3 is 11.9 Å². The maximum atomic E-state index is 11.5. The fourth-order valence-electron chi connectivity index (χ4n) is 2.88. The molecular formula is C28H52O14. The summed E-state index contributed by atoms with van der Waals surface area (Å²) in [4.78, 5) is 21.8. The van der Waals surface area contributed by atoms with Gasteiger partial charge in [0.1, 0.15) is 13.2 Å². The monoisotopic (exact) mass is 612 g/mol. The first kappa shape index (κ1) is 40.1. The zero-order chi connectivity index (χ0) is 30.6. The molecule has 0 atom stereocenters. The van der Waals surface area contributed by atoms with Crippen LogP contribution in [0.5, 0.6) is 0 Å². The van der Waals surface area contributed by atoms with Gasteiger partial charge < -0.3 is 57.2 Å². The molecule has 0 aliphatic carbocycles. The fourth-order valence-corrected chi connectivity index (χ4v) is 2.88. The molecule has 0 aromatic heterocycles. The molecule has 0 aromatic rings. The van der Waals surface area contributed by atoms with Crippen LogP contribution in [0.2, 0.25) is 0 Å². The molecule has 0 heterocycles. The Bertz CT molecular complexity index is 593. The molecule has 0 aliphatic rings. The largest absolute Gasteiger partial charge is 0.499 e. The molecule has 1 N–H and O–H groups in total. The molecule has 14 nitrogen and oxygen atoms in total. The van der Waals surface area contributed by atoms with Crippen molar-refractivity contribution in [2.75, 3.05) is 132 Å². The Morgan fingerprint density at radius 2 is 0.738 bits per heavy atom. The first-order chi connectivity index (χ1) is 20.7. The van der Waals surface area contributed by atoms with Crippen molar-refractivity contribution >= 4 is 11.9 Å². The highest BCUT2D eigenvalue weighted by Crippen LogP contribution is 2.01. The van der Waals surface area contributed by atoms with Gasteiger partial charge in [-0.3, -0.25) is 9.59 Å². The Balaban J connectivity index is 3.09. The van der Waals surface area contributed by atoms with Gasteiger partial charge in [0, 0.05) is 12.8 Å². The standard InChI is InChI=1S/C28H52O14/c1-2-32-7-8-33-9-10-34-11-12-35-13-14-36-15-16-37-17-18-38-19-20-39-21-22-40-23-24-41-25-26-42-28(31)6-4-3-5-27(29)30/h2H,1,3-26H2,(H,29,30). The third-order valence-electron chi connectivity index (χ3n) is 4.95. The van der Waals surface area contributed by atoms with Gasteiger partial charge in [-0.05, 0) is 12.8 Å². The summed E-state index contributed by atoms with van der Waals surface area (Å²) in [5.41, 5.74) is 0. The summed E-state index contributed by atoms with van der Waals surface area (Å²) in [6.45, 7) is 12.5. The number of carboxylic acid groups (broad SMARTS) is 1. The van der Waals surface area contributed by atoms with Crippen LogP contribution in [0.25, 0.3) is 0 Å². The second kappa shape index (κ2) is 35.3. The number of aliphatic carboxylic acids is 1. The van der Waals surface area contributed by atoms with Crippen molar-refractivity contribution in [3.8, 4) is 0 Å². The Labute approximate surface area is 249 Å². The van der Waals surface area contributed by atoms with E-state index < -0.39 is 5.97 Å². The van der Waals surface area contributed by atoms with Gasteiger partial charge in [-0.1, -0.05) is 6.58 Å². The molecule has 0 saturated carbocycles. The van der Waals surface area contributed by atoms with E-state index in [1.807, 2.05) is 0 Å². The average Bonchev–Trinajstić information content (AvgIpc) is 2.98. The van der Waals surface area contributed by atoms with E-state index in [1.165, 1.54) is 6.26 Å². The molecule has 0 unspecified atom stereocenters. The third kappa shape index (κ3) is 36.1. The fraction of sp³-hybridized carbons (Fsp3) is 0.857. The molecule has 0 spiro atoms. The average molecular weight is 613 g/mol. The number of ether oxygens (including phenoxy) is 11. The minimum absolute atomic E-state index is 0.0608. The van der Waals surface area contributed by atoms with Crippen LogP contribution in [-0.4, -0.2) is 149 Å². The van der Waals surface area contributed by atoms with Gasteiger partial charge in [0.25, 0.3) is 0 Å². The van der Waals surface area contributed by atoms with E-state index in [9.17, 15) is 9.59 Å².